The molecule has 0 amide bonds. The van der Waals surface area contributed by atoms with Crippen LogP contribution in [0.4, 0.5) is 0 Å². The molecule has 0 saturated heterocycles. The first-order chi connectivity index (χ1) is 15.9. The molecule has 2 aromatic carbocycles. The molecule has 0 N–H and O–H groups in total. The predicted octanol–water partition coefficient (Wildman–Crippen LogP) is 6.78. The third-order valence-electron chi connectivity index (χ3n) is 6.24. The van der Waals surface area contributed by atoms with Crippen LogP contribution in [-0.4, -0.2) is 21.4 Å². The Balaban J connectivity index is 1.59. The van der Waals surface area contributed by atoms with Crippen LogP contribution in [0.3, 0.4) is 0 Å². The maximum Gasteiger partial charge on any atom is 0.339 e. The van der Waals surface area contributed by atoms with E-state index in [1.165, 1.54) is 48.2 Å². The van der Waals surface area contributed by atoms with Crippen molar-refractivity contribution in [2.75, 3.05) is 0 Å². The molecular weight excluding hydrogens is 408 g/mol. The van der Waals surface area contributed by atoms with E-state index in [9.17, 15) is 4.79 Å². The van der Waals surface area contributed by atoms with Crippen molar-refractivity contribution in [3.05, 3.63) is 76.6 Å². The lowest BCUT2D eigenvalue weighted by molar-refractivity contribution is 0.00704. The summed E-state index contributed by atoms with van der Waals surface area (Å²) in [6, 6.07) is 16.3. The molecule has 3 aromatic rings. The fourth-order valence-corrected chi connectivity index (χ4v) is 4.61. The number of fused-ring (bicyclic) bond motifs is 1. The first kappa shape index (κ1) is 23.3. The highest BCUT2D eigenvalue weighted by molar-refractivity contribution is 5.97. The Bertz CT molecular complexity index is 1100. The van der Waals surface area contributed by atoms with Gasteiger partial charge in [-0.2, -0.15) is 5.10 Å². The number of nitrogens with zero attached hydrogens (tertiary/aromatic N) is 2. The summed E-state index contributed by atoms with van der Waals surface area (Å²) in [7, 11) is 0. The minimum absolute atomic E-state index is 0.283. The smallest absolute Gasteiger partial charge is 0.339 e. The van der Waals surface area contributed by atoms with Crippen LogP contribution in [0.1, 0.15) is 86.3 Å². The van der Waals surface area contributed by atoms with Gasteiger partial charge in [-0.15, -0.1) is 0 Å². The molecule has 1 aromatic heterocycles. The lowest BCUT2D eigenvalue weighted by Crippen LogP contribution is -2.24. The Hall–Kier alpha value is -2.88. The van der Waals surface area contributed by atoms with Crippen molar-refractivity contribution < 1.29 is 9.53 Å². The van der Waals surface area contributed by atoms with Crippen LogP contribution < -0.4 is 0 Å². The summed E-state index contributed by atoms with van der Waals surface area (Å²) >= 11 is 0. The Kier molecular flexibility index (Phi) is 7.02. The van der Waals surface area contributed by atoms with Gasteiger partial charge >= 0.3 is 5.97 Å². The summed E-state index contributed by atoms with van der Waals surface area (Å²) in [5, 5.41) is 4.97. The summed E-state index contributed by atoms with van der Waals surface area (Å²) in [5.74, 6) is -0.283. The summed E-state index contributed by atoms with van der Waals surface area (Å²) in [5.41, 5.74) is 7.47. The summed E-state index contributed by atoms with van der Waals surface area (Å²) in [6.45, 7) is 8.98. The zero-order chi connectivity index (χ0) is 23.4. The maximum absolute atomic E-state index is 12.8. The lowest BCUT2D eigenvalue weighted by Gasteiger charge is -2.20. The number of hydrogen-bond donors (Lipinski definition) is 0. The van der Waals surface area contributed by atoms with Gasteiger partial charge in [-0.25, -0.2) is 4.79 Å². The molecule has 4 nitrogen and oxygen atoms in total. The molecule has 0 aliphatic carbocycles. The Morgan fingerprint density at radius 3 is 2.55 bits per heavy atom. The second kappa shape index (κ2) is 9.94. The van der Waals surface area contributed by atoms with E-state index in [1.54, 1.807) is 0 Å². The Morgan fingerprint density at radius 2 is 1.82 bits per heavy atom. The topological polar surface area (TPSA) is 44.1 Å². The van der Waals surface area contributed by atoms with Crippen LogP contribution in [-0.2, 0) is 30.5 Å². The van der Waals surface area contributed by atoms with Crippen molar-refractivity contribution in [2.45, 2.75) is 84.8 Å². The molecule has 1 aliphatic rings. The van der Waals surface area contributed by atoms with Gasteiger partial charge in [0.2, 0.25) is 0 Å². The summed E-state index contributed by atoms with van der Waals surface area (Å²) < 4.78 is 7.89. The van der Waals surface area contributed by atoms with E-state index in [0.717, 1.165) is 36.9 Å². The second-order valence-corrected chi connectivity index (χ2v) is 10.1. The van der Waals surface area contributed by atoms with Crippen molar-refractivity contribution in [2.24, 2.45) is 0 Å². The molecule has 0 bridgehead atoms. The molecule has 0 fully saturated rings. The van der Waals surface area contributed by atoms with Crippen molar-refractivity contribution in [1.82, 2.24) is 9.78 Å². The van der Waals surface area contributed by atoms with E-state index in [4.69, 9.17) is 9.84 Å². The van der Waals surface area contributed by atoms with Crippen LogP contribution in [0.25, 0.3) is 11.1 Å². The van der Waals surface area contributed by atoms with Gasteiger partial charge in [-0.1, -0.05) is 55.8 Å². The molecule has 0 spiro atoms. The van der Waals surface area contributed by atoms with Crippen molar-refractivity contribution in [3.63, 3.8) is 0 Å². The number of hydrogen-bond acceptors (Lipinski definition) is 3. The van der Waals surface area contributed by atoms with Crippen LogP contribution in [0, 0.1) is 0 Å². The molecule has 1 aliphatic heterocycles. The van der Waals surface area contributed by atoms with E-state index >= 15 is 0 Å². The fourth-order valence-electron chi connectivity index (χ4n) is 4.61. The lowest BCUT2D eigenvalue weighted by atomic mass is 9.94. The molecule has 0 unspecified atom stereocenters. The average molecular weight is 445 g/mol. The second-order valence-electron chi connectivity index (χ2n) is 10.1. The number of aromatic nitrogens is 2. The van der Waals surface area contributed by atoms with Crippen LogP contribution >= 0.6 is 0 Å². The highest BCUT2D eigenvalue weighted by Crippen LogP contribution is 2.29. The predicted molar refractivity (Wildman–Crippen MR) is 134 cm³/mol. The molecule has 174 valence electrons. The Morgan fingerprint density at radius 1 is 1.06 bits per heavy atom. The maximum atomic E-state index is 12.8. The molecule has 2 heterocycles. The van der Waals surface area contributed by atoms with E-state index in [1.807, 2.05) is 45.0 Å². The van der Waals surface area contributed by atoms with Gasteiger partial charge in [0.25, 0.3) is 0 Å². The minimum Gasteiger partial charge on any atom is -0.456 e. The molecule has 4 heteroatoms. The summed E-state index contributed by atoms with van der Waals surface area (Å²) in [4.78, 5) is 12.8. The summed E-state index contributed by atoms with van der Waals surface area (Å²) in [6.07, 6.45) is 7.97. The first-order valence-electron chi connectivity index (χ1n) is 12.3. The van der Waals surface area contributed by atoms with Gasteiger partial charge in [0.1, 0.15) is 5.60 Å². The molecule has 4 rings (SSSR count). The minimum atomic E-state index is -0.520. The number of ether oxygens (including phenoxy) is 1. The first-order valence-corrected chi connectivity index (χ1v) is 12.3. The number of aryl methyl sites for hydroxylation is 2. The van der Waals surface area contributed by atoms with Crippen molar-refractivity contribution in [3.8, 4) is 11.1 Å². The Labute approximate surface area is 198 Å². The van der Waals surface area contributed by atoms with E-state index in [0.29, 0.717) is 5.56 Å². The third kappa shape index (κ3) is 5.55. The SMILES string of the molecule is CCCCc1nn2c(c1Cc1ccc(-c3ccccc3C(=O)OC(C)(C)C)cc1)CCCC2. The number of unbranched alkanes of at least 4 members (excludes halogenated alkanes) is 1. The number of rotatable bonds is 7. The molecule has 0 saturated carbocycles. The molecule has 0 radical (unpaired) electrons. The number of benzene rings is 2. The number of carbonyl (C=O) groups is 1. The number of carbonyl (C=O) groups excluding carboxylic acids is 1. The van der Waals surface area contributed by atoms with Gasteiger partial charge in [0.15, 0.2) is 0 Å². The van der Waals surface area contributed by atoms with E-state index < -0.39 is 5.60 Å². The van der Waals surface area contributed by atoms with Gasteiger partial charge in [0.05, 0.1) is 11.3 Å². The van der Waals surface area contributed by atoms with Gasteiger partial charge in [-0.3, -0.25) is 4.68 Å². The fraction of sp³-hybridized carbons (Fsp3) is 0.448. The third-order valence-corrected chi connectivity index (χ3v) is 6.24. The standard InChI is InChI=1S/C29H36N2O2/c1-5-6-13-26-25(27-14-9-10-19-31(27)30-26)20-21-15-17-22(18-16-21)23-11-7-8-12-24(23)28(32)33-29(2,3)4/h7-8,11-12,15-18H,5-6,9-10,13-14,19-20H2,1-4H3. The largest absolute Gasteiger partial charge is 0.456 e. The van der Waals surface area contributed by atoms with Crippen LogP contribution in [0.5, 0.6) is 0 Å². The van der Waals surface area contributed by atoms with Gasteiger partial charge < -0.3 is 4.74 Å². The van der Waals surface area contributed by atoms with Crippen LogP contribution in [0.15, 0.2) is 48.5 Å². The van der Waals surface area contributed by atoms with Crippen LogP contribution in [0.2, 0.25) is 0 Å². The van der Waals surface area contributed by atoms with E-state index in [-0.39, 0.29) is 5.97 Å². The average Bonchev–Trinajstić information content (AvgIpc) is 3.14. The van der Waals surface area contributed by atoms with E-state index in [2.05, 4.69) is 35.9 Å². The highest BCUT2D eigenvalue weighted by atomic mass is 16.6. The highest BCUT2D eigenvalue weighted by Gasteiger charge is 2.22. The zero-order valence-corrected chi connectivity index (χ0v) is 20.5. The monoisotopic (exact) mass is 444 g/mol. The zero-order valence-electron chi connectivity index (χ0n) is 20.5. The molecular formula is C29H36N2O2. The van der Waals surface area contributed by atoms with Crippen molar-refractivity contribution in [1.29, 1.82) is 0 Å². The number of esters is 1. The quantitative estimate of drug-likeness (QED) is 0.378. The normalized spacial score (nSPS) is 13.6. The van der Waals surface area contributed by atoms with Gasteiger partial charge in [-0.05, 0) is 75.6 Å². The van der Waals surface area contributed by atoms with Gasteiger partial charge in [0, 0.05) is 24.2 Å². The molecule has 0 atom stereocenters. The van der Waals surface area contributed by atoms with Crippen molar-refractivity contribution >= 4 is 5.97 Å². The molecule has 33 heavy (non-hydrogen) atoms.